The number of halogens is 1. The standard InChI is InChI=1S/C15H19IN2OS/c1-15(2,3)18-14-8-13(12(16)9-17-14)19-6-4-11-5-7-20-10-11/h5,7-10H,4,6H2,1-3H3,(H,17,18). The zero-order valence-corrected chi connectivity index (χ0v) is 14.9. The largest absolute Gasteiger partial charge is 0.492 e. The fourth-order valence-electron chi connectivity index (χ4n) is 1.70. The Bertz CT molecular complexity index is 549. The van der Waals surface area contributed by atoms with Crippen molar-refractivity contribution in [2.75, 3.05) is 11.9 Å². The van der Waals surface area contributed by atoms with Crippen LogP contribution in [-0.2, 0) is 6.42 Å². The zero-order valence-electron chi connectivity index (χ0n) is 11.9. The number of anilines is 1. The third-order valence-corrected chi connectivity index (χ3v) is 4.09. The number of thiophene rings is 1. The Morgan fingerprint density at radius 1 is 1.40 bits per heavy atom. The number of hydrogen-bond donors (Lipinski definition) is 1. The lowest BCUT2D eigenvalue weighted by Gasteiger charge is -2.21. The van der Waals surface area contributed by atoms with Crippen molar-refractivity contribution in [3.8, 4) is 5.75 Å². The normalized spacial score (nSPS) is 11.4. The van der Waals surface area contributed by atoms with Crippen molar-refractivity contribution in [3.63, 3.8) is 0 Å². The fraction of sp³-hybridized carbons (Fsp3) is 0.400. The van der Waals surface area contributed by atoms with E-state index in [0.717, 1.165) is 21.6 Å². The molecule has 0 saturated carbocycles. The van der Waals surface area contributed by atoms with Gasteiger partial charge in [-0.3, -0.25) is 0 Å². The molecule has 0 aliphatic heterocycles. The first kappa shape index (κ1) is 15.6. The van der Waals surface area contributed by atoms with E-state index in [1.807, 2.05) is 12.3 Å². The summed E-state index contributed by atoms with van der Waals surface area (Å²) in [4.78, 5) is 4.39. The molecule has 2 rings (SSSR count). The van der Waals surface area contributed by atoms with E-state index in [-0.39, 0.29) is 5.54 Å². The van der Waals surface area contributed by atoms with Gasteiger partial charge in [0.2, 0.25) is 0 Å². The van der Waals surface area contributed by atoms with Crippen LogP contribution in [0.15, 0.2) is 29.1 Å². The van der Waals surface area contributed by atoms with Crippen molar-refractivity contribution >= 4 is 39.7 Å². The van der Waals surface area contributed by atoms with Gasteiger partial charge in [-0.25, -0.2) is 4.98 Å². The topological polar surface area (TPSA) is 34.1 Å². The maximum Gasteiger partial charge on any atom is 0.137 e. The van der Waals surface area contributed by atoms with Crippen LogP contribution < -0.4 is 10.1 Å². The van der Waals surface area contributed by atoms with E-state index in [4.69, 9.17) is 4.74 Å². The third kappa shape index (κ3) is 4.94. The van der Waals surface area contributed by atoms with Gasteiger partial charge in [-0.05, 0) is 65.8 Å². The van der Waals surface area contributed by atoms with Gasteiger partial charge in [0, 0.05) is 24.2 Å². The van der Waals surface area contributed by atoms with Crippen LogP contribution in [0, 0.1) is 3.57 Å². The minimum Gasteiger partial charge on any atom is -0.492 e. The minimum atomic E-state index is -0.00621. The highest BCUT2D eigenvalue weighted by Crippen LogP contribution is 2.24. The molecule has 0 unspecified atom stereocenters. The van der Waals surface area contributed by atoms with Gasteiger partial charge in [0.05, 0.1) is 10.2 Å². The lowest BCUT2D eigenvalue weighted by Crippen LogP contribution is -2.26. The molecule has 20 heavy (non-hydrogen) atoms. The number of pyridine rings is 1. The molecule has 0 spiro atoms. The Balaban J connectivity index is 1.97. The second-order valence-electron chi connectivity index (χ2n) is 5.61. The smallest absolute Gasteiger partial charge is 0.137 e. The van der Waals surface area contributed by atoms with E-state index in [9.17, 15) is 0 Å². The maximum absolute atomic E-state index is 5.88. The molecule has 5 heteroatoms. The second kappa shape index (κ2) is 6.76. The number of aromatic nitrogens is 1. The Morgan fingerprint density at radius 3 is 2.85 bits per heavy atom. The van der Waals surface area contributed by atoms with E-state index in [2.05, 4.69) is 70.5 Å². The molecule has 0 amide bonds. The van der Waals surface area contributed by atoms with Crippen LogP contribution in [-0.4, -0.2) is 17.1 Å². The number of nitrogens with zero attached hydrogens (tertiary/aromatic N) is 1. The number of rotatable bonds is 5. The van der Waals surface area contributed by atoms with E-state index < -0.39 is 0 Å². The highest BCUT2D eigenvalue weighted by molar-refractivity contribution is 14.1. The van der Waals surface area contributed by atoms with Gasteiger partial charge in [0.1, 0.15) is 11.6 Å². The third-order valence-electron chi connectivity index (χ3n) is 2.55. The van der Waals surface area contributed by atoms with E-state index >= 15 is 0 Å². The van der Waals surface area contributed by atoms with Crippen LogP contribution in [0.2, 0.25) is 0 Å². The molecule has 0 saturated heterocycles. The summed E-state index contributed by atoms with van der Waals surface area (Å²) in [5.74, 6) is 1.74. The number of nitrogens with one attached hydrogen (secondary N) is 1. The van der Waals surface area contributed by atoms with Crippen LogP contribution in [0.5, 0.6) is 5.75 Å². The highest BCUT2D eigenvalue weighted by atomic mass is 127. The molecular formula is C15H19IN2OS. The van der Waals surface area contributed by atoms with Crippen molar-refractivity contribution in [3.05, 3.63) is 38.2 Å². The van der Waals surface area contributed by atoms with Gasteiger partial charge in [-0.2, -0.15) is 11.3 Å². The van der Waals surface area contributed by atoms with Crippen molar-refractivity contribution in [2.24, 2.45) is 0 Å². The summed E-state index contributed by atoms with van der Waals surface area (Å²) in [5, 5.41) is 7.61. The predicted octanol–water partition coefficient (Wildman–Crippen LogP) is 4.58. The average molecular weight is 402 g/mol. The van der Waals surface area contributed by atoms with Crippen LogP contribution in [0.25, 0.3) is 0 Å². The van der Waals surface area contributed by atoms with Gasteiger partial charge < -0.3 is 10.1 Å². The first-order valence-electron chi connectivity index (χ1n) is 6.52. The van der Waals surface area contributed by atoms with Crippen LogP contribution >= 0.6 is 33.9 Å². The average Bonchev–Trinajstić information content (AvgIpc) is 2.84. The number of hydrogen-bond acceptors (Lipinski definition) is 4. The summed E-state index contributed by atoms with van der Waals surface area (Å²) in [6, 6.07) is 4.11. The van der Waals surface area contributed by atoms with E-state index in [1.165, 1.54) is 5.56 Å². The zero-order chi connectivity index (χ0) is 14.6. The summed E-state index contributed by atoms with van der Waals surface area (Å²) in [6.45, 7) is 7.03. The molecule has 2 heterocycles. The fourth-order valence-corrected chi connectivity index (χ4v) is 2.85. The van der Waals surface area contributed by atoms with Gasteiger partial charge in [0.25, 0.3) is 0 Å². The molecule has 2 aromatic heterocycles. The molecule has 2 aromatic rings. The number of ether oxygens (including phenoxy) is 1. The lowest BCUT2D eigenvalue weighted by molar-refractivity contribution is 0.319. The van der Waals surface area contributed by atoms with E-state index in [1.54, 1.807) is 11.3 Å². The first-order valence-corrected chi connectivity index (χ1v) is 8.54. The van der Waals surface area contributed by atoms with Crippen LogP contribution in [0.4, 0.5) is 5.82 Å². The van der Waals surface area contributed by atoms with Crippen molar-refractivity contribution in [1.29, 1.82) is 0 Å². The Labute approximate surface area is 137 Å². The van der Waals surface area contributed by atoms with Crippen molar-refractivity contribution < 1.29 is 4.74 Å². The first-order chi connectivity index (χ1) is 9.44. The molecule has 3 nitrogen and oxygen atoms in total. The molecule has 108 valence electrons. The summed E-state index contributed by atoms with van der Waals surface area (Å²) in [7, 11) is 0. The van der Waals surface area contributed by atoms with Crippen LogP contribution in [0.1, 0.15) is 26.3 Å². The van der Waals surface area contributed by atoms with Gasteiger partial charge in [-0.1, -0.05) is 0 Å². The van der Waals surface area contributed by atoms with Crippen LogP contribution in [0.3, 0.4) is 0 Å². The Morgan fingerprint density at radius 2 is 2.20 bits per heavy atom. The lowest BCUT2D eigenvalue weighted by atomic mass is 10.1. The molecule has 0 atom stereocenters. The quantitative estimate of drug-likeness (QED) is 0.744. The summed E-state index contributed by atoms with van der Waals surface area (Å²) in [5.41, 5.74) is 1.32. The van der Waals surface area contributed by atoms with Crippen molar-refractivity contribution in [1.82, 2.24) is 4.98 Å². The summed E-state index contributed by atoms with van der Waals surface area (Å²) >= 11 is 3.98. The summed E-state index contributed by atoms with van der Waals surface area (Å²) in [6.07, 6.45) is 2.78. The van der Waals surface area contributed by atoms with Gasteiger partial charge in [-0.15, -0.1) is 0 Å². The van der Waals surface area contributed by atoms with Gasteiger partial charge >= 0.3 is 0 Å². The SMILES string of the molecule is CC(C)(C)Nc1cc(OCCc2ccsc2)c(I)cn1. The molecule has 0 radical (unpaired) electrons. The molecule has 0 fully saturated rings. The maximum atomic E-state index is 5.88. The molecule has 0 aromatic carbocycles. The molecular weight excluding hydrogens is 383 g/mol. The minimum absolute atomic E-state index is 0.00621. The predicted molar refractivity (Wildman–Crippen MR) is 93.8 cm³/mol. The Kier molecular flexibility index (Phi) is 5.26. The highest BCUT2D eigenvalue weighted by Gasteiger charge is 2.12. The molecule has 0 aliphatic carbocycles. The van der Waals surface area contributed by atoms with E-state index in [0.29, 0.717) is 6.61 Å². The molecule has 0 aliphatic rings. The molecule has 0 bridgehead atoms. The second-order valence-corrected chi connectivity index (χ2v) is 7.55. The summed E-state index contributed by atoms with van der Waals surface area (Å²) < 4.78 is 6.92. The van der Waals surface area contributed by atoms with Crippen molar-refractivity contribution in [2.45, 2.75) is 32.7 Å². The Hall–Kier alpha value is -0.820. The van der Waals surface area contributed by atoms with Gasteiger partial charge in [0.15, 0.2) is 0 Å². The molecule has 1 N–H and O–H groups in total. The monoisotopic (exact) mass is 402 g/mol.